The second-order valence-corrected chi connectivity index (χ2v) is 5.81. The molecule has 5 nitrogen and oxygen atoms in total. The molecular weight excluding hydrogens is 345 g/mol. The minimum Gasteiger partial charge on any atom is -0.352 e. The Morgan fingerprint density at radius 1 is 1.08 bits per heavy atom. The van der Waals surface area contributed by atoms with Crippen LogP contribution in [0.4, 0.5) is 19.0 Å². The van der Waals surface area contributed by atoms with E-state index in [1.807, 2.05) is 4.90 Å². The monoisotopic (exact) mass is 360 g/mol. The number of carbonyl (C=O) groups excluding carboxylic acids is 1. The van der Waals surface area contributed by atoms with Gasteiger partial charge in [-0.1, -0.05) is 12.1 Å². The second kappa shape index (κ2) is 7.04. The van der Waals surface area contributed by atoms with Gasteiger partial charge in [-0.05, 0) is 24.3 Å². The zero-order valence-electron chi connectivity index (χ0n) is 13.7. The van der Waals surface area contributed by atoms with Gasteiger partial charge >= 0.3 is 6.18 Å². The van der Waals surface area contributed by atoms with E-state index in [2.05, 4.69) is 11.1 Å². The number of halogens is 3. The van der Waals surface area contributed by atoms with E-state index in [1.165, 1.54) is 23.1 Å². The molecule has 0 saturated carbocycles. The van der Waals surface area contributed by atoms with E-state index in [1.54, 1.807) is 18.3 Å². The summed E-state index contributed by atoms with van der Waals surface area (Å²) in [6, 6.07) is 10.2. The standard InChI is InChI=1S/C18H15F3N4O/c19-18(20,21)15-6-2-1-5-14(15)17(26)25-10-8-24(9-11-25)16-13(12-22)4-3-7-23-16/h1-7H,8-11H2. The maximum atomic E-state index is 13.1. The maximum absolute atomic E-state index is 13.1. The van der Waals surface area contributed by atoms with Gasteiger partial charge in [-0.3, -0.25) is 4.79 Å². The highest BCUT2D eigenvalue weighted by molar-refractivity contribution is 5.96. The number of hydrogen-bond acceptors (Lipinski definition) is 4. The zero-order chi connectivity index (χ0) is 18.7. The SMILES string of the molecule is N#Cc1cccnc1N1CCN(C(=O)c2ccccc2C(F)(F)F)CC1. The second-order valence-electron chi connectivity index (χ2n) is 5.81. The molecular formula is C18H15F3N4O. The lowest BCUT2D eigenvalue weighted by Crippen LogP contribution is -2.49. The molecule has 1 aromatic heterocycles. The Bertz CT molecular complexity index is 852. The van der Waals surface area contributed by atoms with Crippen molar-refractivity contribution < 1.29 is 18.0 Å². The summed E-state index contributed by atoms with van der Waals surface area (Å²) in [7, 11) is 0. The number of rotatable bonds is 2. The summed E-state index contributed by atoms with van der Waals surface area (Å²) in [6.07, 6.45) is -3.00. The fourth-order valence-electron chi connectivity index (χ4n) is 2.94. The van der Waals surface area contributed by atoms with Crippen LogP contribution < -0.4 is 4.90 Å². The van der Waals surface area contributed by atoms with Crippen LogP contribution in [0.2, 0.25) is 0 Å². The van der Waals surface area contributed by atoms with Gasteiger partial charge in [0, 0.05) is 32.4 Å². The van der Waals surface area contributed by atoms with E-state index in [0.717, 1.165) is 6.07 Å². The van der Waals surface area contributed by atoms with Gasteiger partial charge in [0.15, 0.2) is 0 Å². The molecule has 1 aromatic carbocycles. The van der Waals surface area contributed by atoms with Gasteiger partial charge in [-0.2, -0.15) is 18.4 Å². The molecule has 0 bridgehead atoms. The van der Waals surface area contributed by atoms with Crippen molar-refractivity contribution >= 4 is 11.7 Å². The van der Waals surface area contributed by atoms with Gasteiger partial charge in [0.2, 0.25) is 0 Å². The first-order chi connectivity index (χ1) is 12.4. The van der Waals surface area contributed by atoms with Crippen LogP contribution in [0, 0.1) is 11.3 Å². The van der Waals surface area contributed by atoms with Crippen molar-refractivity contribution in [1.29, 1.82) is 5.26 Å². The molecule has 8 heteroatoms. The minimum absolute atomic E-state index is 0.256. The van der Waals surface area contributed by atoms with Crippen molar-refractivity contribution in [2.24, 2.45) is 0 Å². The molecule has 1 saturated heterocycles. The molecule has 1 aliphatic heterocycles. The number of benzene rings is 1. The van der Waals surface area contributed by atoms with E-state index in [4.69, 9.17) is 5.26 Å². The molecule has 1 amide bonds. The van der Waals surface area contributed by atoms with Crippen molar-refractivity contribution in [2.45, 2.75) is 6.18 Å². The summed E-state index contributed by atoms with van der Waals surface area (Å²) >= 11 is 0. The Balaban J connectivity index is 1.75. The molecule has 1 aliphatic rings. The summed E-state index contributed by atoms with van der Waals surface area (Å²) in [5, 5.41) is 9.16. The Morgan fingerprint density at radius 3 is 2.42 bits per heavy atom. The highest BCUT2D eigenvalue weighted by Crippen LogP contribution is 2.32. The van der Waals surface area contributed by atoms with Crippen molar-refractivity contribution in [1.82, 2.24) is 9.88 Å². The lowest BCUT2D eigenvalue weighted by Gasteiger charge is -2.36. The quantitative estimate of drug-likeness (QED) is 0.826. The van der Waals surface area contributed by atoms with E-state index in [9.17, 15) is 18.0 Å². The summed E-state index contributed by atoms with van der Waals surface area (Å²) in [6.45, 7) is 1.30. The Morgan fingerprint density at radius 2 is 1.77 bits per heavy atom. The van der Waals surface area contributed by atoms with E-state index < -0.39 is 17.6 Å². The van der Waals surface area contributed by atoms with E-state index in [-0.39, 0.29) is 18.7 Å². The molecule has 0 aliphatic carbocycles. The first kappa shape index (κ1) is 17.7. The minimum atomic E-state index is -4.58. The number of amides is 1. The number of pyridine rings is 1. The largest absolute Gasteiger partial charge is 0.417 e. The Hall–Kier alpha value is -3.08. The van der Waals surface area contributed by atoms with Crippen LogP contribution in [0.5, 0.6) is 0 Å². The van der Waals surface area contributed by atoms with Crippen LogP contribution in [-0.2, 0) is 6.18 Å². The molecule has 26 heavy (non-hydrogen) atoms. The highest BCUT2D eigenvalue weighted by atomic mass is 19.4. The molecule has 134 valence electrons. The lowest BCUT2D eigenvalue weighted by molar-refractivity contribution is -0.138. The van der Waals surface area contributed by atoms with Crippen LogP contribution in [0.25, 0.3) is 0 Å². The number of aromatic nitrogens is 1. The van der Waals surface area contributed by atoms with Crippen LogP contribution in [-0.4, -0.2) is 42.0 Å². The molecule has 0 spiro atoms. The first-order valence-corrected chi connectivity index (χ1v) is 7.97. The van der Waals surface area contributed by atoms with Crippen molar-refractivity contribution in [2.75, 3.05) is 31.1 Å². The Labute approximate surface area is 148 Å². The lowest BCUT2D eigenvalue weighted by atomic mass is 10.1. The van der Waals surface area contributed by atoms with Crippen LogP contribution >= 0.6 is 0 Å². The third-order valence-electron chi connectivity index (χ3n) is 4.24. The topological polar surface area (TPSA) is 60.2 Å². The summed E-state index contributed by atoms with van der Waals surface area (Å²) in [5.74, 6) is -0.114. The smallest absolute Gasteiger partial charge is 0.352 e. The molecule has 0 radical (unpaired) electrons. The van der Waals surface area contributed by atoms with Crippen molar-refractivity contribution in [3.63, 3.8) is 0 Å². The average molecular weight is 360 g/mol. The molecule has 0 N–H and O–H groups in total. The van der Waals surface area contributed by atoms with E-state index in [0.29, 0.717) is 24.5 Å². The third kappa shape index (κ3) is 3.47. The van der Waals surface area contributed by atoms with Gasteiger partial charge in [0.1, 0.15) is 11.9 Å². The molecule has 3 rings (SSSR count). The number of carbonyl (C=O) groups is 1. The fraction of sp³-hybridized carbons (Fsp3) is 0.278. The summed E-state index contributed by atoms with van der Waals surface area (Å²) < 4.78 is 39.4. The zero-order valence-corrected chi connectivity index (χ0v) is 13.7. The number of nitrogens with zero attached hydrogens (tertiary/aromatic N) is 4. The van der Waals surface area contributed by atoms with Gasteiger partial charge in [-0.25, -0.2) is 4.98 Å². The number of nitriles is 1. The number of anilines is 1. The predicted octanol–water partition coefficient (Wildman–Crippen LogP) is 2.93. The van der Waals surface area contributed by atoms with Gasteiger partial charge in [0.25, 0.3) is 5.91 Å². The molecule has 2 heterocycles. The molecule has 0 unspecified atom stereocenters. The fourth-order valence-corrected chi connectivity index (χ4v) is 2.94. The van der Waals surface area contributed by atoms with E-state index >= 15 is 0 Å². The van der Waals surface area contributed by atoms with Crippen LogP contribution in [0.3, 0.4) is 0 Å². The number of alkyl halides is 3. The molecule has 2 aromatic rings. The maximum Gasteiger partial charge on any atom is 0.417 e. The summed E-state index contributed by atoms with van der Waals surface area (Å²) in [4.78, 5) is 20.0. The highest BCUT2D eigenvalue weighted by Gasteiger charge is 2.36. The summed E-state index contributed by atoms with van der Waals surface area (Å²) in [5.41, 5.74) is -0.845. The van der Waals surface area contributed by atoms with Crippen LogP contribution in [0.1, 0.15) is 21.5 Å². The van der Waals surface area contributed by atoms with Gasteiger partial charge < -0.3 is 9.80 Å². The average Bonchev–Trinajstić information content (AvgIpc) is 2.67. The van der Waals surface area contributed by atoms with Gasteiger partial charge in [-0.15, -0.1) is 0 Å². The first-order valence-electron chi connectivity index (χ1n) is 7.97. The predicted molar refractivity (Wildman–Crippen MR) is 88.5 cm³/mol. The van der Waals surface area contributed by atoms with Crippen molar-refractivity contribution in [3.05, 3.63) is 59.3 Å². The number of hydrogen-bond donors (Lipinski definition) is 0. The third-order valence-corrected chi connectivity index (χ3v) is 4.24. The number of piperazine rings is 1. The molecule has 0 atom stereocenters. The van der Waals surface area contributed by atoms with Crippen molar-refractivity contribution in [3.8, 4) is 6.07 Å². The Kier molecular flexibility index (Phi) is 4.80. The van der Waals surface area contributed by atoms with Crippen LogP contribution in [0.15, 0.2) is 42.6 Å². The molecule has 1 fully saturated rings. The van der Waals surface area contributed by atoms with Gasteiger partial charge in [0.05, 0.1) is 16.7 Å². The normalized spacial score (nSPS) is 14.8.